The molecule has 0 spiro atoms. The fraction of sp³-hybridized carbons (Fsp3) is 0.217. The molecule has 0 saturated carbocycles. The molecule has 0 radical (unpaired) electrons. The van der Waals surface area contributed by atoms with Gasteiger partial charge >= 0.3 is 0 Å². The van der Waals surface area contributed by atoms with Crippen LogP contribution < -0.4 is 4.74 Å². The maximum absolute atomic E-state index is 14.1. The standard InChI is InChI=1S/C23H24F2O3/c1-7-26-20-10-8-18(9-11-20)23-27-13-19(17(6)28-23)12-15(4)16(5)22(25)21(24)14(2)3/h8-12,23H,2,4-7,13H2,1,3H3/b19-12-,22-21-. The molecule has 1 fully saturated rings. The molecule has 1 heterocycles. The third-order valence-electron chi connectivity index (χ3n) is 4.03. The van der Waals surface area contributed by atoms with Gasteiger partial charge in [0.1, 0.15) is 11.5 Å². The van der Waals surface area contributed by atoms with Crippen molar-refractivity contribution in [1.82, 2.24) is 0 Å². The molecule has 1 unspecified atom stereocenters. The molecule has 2 rings (SSSR count). The van der Waals surface area contributed by atoms with Crippen molar-refractivity contribution in [3.05, 3.63) is 102 Å². The van der Waals surface area contributed by atoms with Crippen LogP contribution in [0.5, 0.6) is 5.75 Å². The number of rotatable bonds is 7. The SMILES string of the molecule is C=C(/C=C1/COC(c2ccc(OCC)cc2)OC1=C)C(=C)/C(F)=C(/F)C(=C)C. The fourth-order valence-electron chi connectivity index (χ4n) is 2.42. The Balaban J connectivity index is 2.08. The Labute approximate surface area is 164 Å². The van der Waals surface area contributed by atoms with Gasteiger partial charge in [0.05, 0.1) is 13.2 Å². The molecule has 0 amide bonds. The van der Waals surface area contributed by atoms with E-state index >= 15 is 0 Å². The largest absolute Gasteiger partial charge is 0.494 e. The van der Waals surface area contributed by atoms with Crippen LogP contribution in [-0.2, 0) is 9.47 Å². The van der Waals surface area contributed by atoms with Crippen LogP contribution >= 0.6 is 0 Å². The first-order valence-corrected chi connectivity index (χ1v) is 8.75. The van der Waals surface area contributed by atoms with E-state index in [-0.39, 0.29) is 23.3 Å². The van der Waals surface area contributed by atoms with Crippen LogP contribution in [0.15, 0.2) is 96.4 Å². The van der Waals surface area contributed by atoms with Gasteiger partial charge < -0.3 is 14.2 Å². The molecule has 0 aliphatic carbocycles. The molecule has 28 heavy (non-hydrogen) atoms. The topological polar surface area (TPSA) is 27.7 Å². The Morgan fingerprint density at radius 2 is 1.82 bits per heavy atom. The van der Waals surface area contributed by atoms with Crippen molar-refractivity contribution in [3.8, 4) is 5.75 Å². The molecule has 0 N–H and O–H groups in total. The van der Waals surface area contributed by atoms with Gasteiger partial charge in [-0.15, -0.1) is 0 Å². The summed E-state index contributed by atoms with van der Waals surface area (Å²) in [5, 5.41) is 0. The Kier molecular flexibility index (Phi) is 7.12. The monoisotopic (exact) mass is 386 g/mol. The first kappa shape index (κ1) is 21.4. The molecular weight excluding hydrogens is 362 g/mol. The van der Waals surface area contributed by atoms with Gasteiger partial charge in [-0.05, 0) is 55.3 Å². The predicted molar refractivity (Wildman–Crippen MR) is 107 cm³/mol. The van der Waals surface area contributed by atoms with Gasteiger partial charge in [-0.3, -0.25) is 0 Å². The third-order valence-corrected chi connectivity index (χ3v) is 4.03. The average molecular weight is 386 g/mol. The molecule has 148 valence electrons. The van der Waals surface area contributed by atoms with Crippen LogP contribution in [-0.4, -0.2) is 13.2 Å². The summed E-state index contributed by atoms with van der Waals surface area (Å²) in [5.41, 5.74) is 1.37. The first-order chi connectivity index (χ1) is 13.2. The molecule has 1 aliphatic rings. The van der Waals surface area contributed by atoms with Gasteiger partial charge in [-0.25, -0.2) is 8.78 Å². The van der Waals surface area contributed by atoms with Crippen molar-refractivity contribution in [3.63, 3.8) is 0 Å². The number of ether oxygens (including phenoxy) is 3. The summed E-state index contributed by atoms with van der Waals surface area (Å²) in [6.07, 6.45) is 0.902. The van der Waals surface area contributed by atoms with Crippen molar-refractivity contribution >= 4 is 0 Å². The van der Waals surface area contributed by atoms with Crippen molar-refractivity contribution < 1.29 is 23.0 Å². The van der Waals surface area contributed by atoms with Crippen LogP contribution in [0.25, 0.3) is 0 Å². The molecule has 1 aromatic rings. The molecule has 5 heteroatoms. The lowest BCUT2D eigenvalue weighted by Gasteiger charge is -2.28. The zero-order valence-electron chi connectivity index (χ0n) is 16.2. The smallest absolute Gasteiger partial charge is 0.227 e. The predicted octanol–water partition coefficient (Wildman–Crippen LogP) is 6.41. The highest BCUT2D eigenvalue weighted by Crippen LogP contribution is 2.33. The molecule has 1 atom stereocenters. The second-order valence-electron chi connectivity index (χ2n) is 6.27. The van der Waals surface area contributed by atoms with Gasteiger partial charge in [0, 0.05) is 16.7 Å². The number of hydrogen-bond donors (Lipinski definition) is 0. The maximum atomic E-state index is 14.1. The van der Waals surface area contributed by atoms with Gasteiger partial charge in [-0.1, -0.05) is 26.3 Å². The van der Waals surface area contributed by atoms with Gasteiger partial charge in [0.2, 0.25) is 6.29 Å². The summed E-state index contributed by atoms with van der Waals surface area (Å²) < 4.78 is 44.6. The summed E-state index contributed by atoms with van der Waals surface area (Å²) in [6, 6.07) is 7.35. The Morgan fingerprint density at radius 3 is 2.36 bits per heavy atom. The molecule has 1 saturated heterocycles. The van der Waals surface area contributed by atoms with E-state index in [1.807, 2.05) is 31.2 Å². The van der Waals surface area contributed by atoms with E-state index in [0.717, 1.165) is 11.3 Å². The molecule has 0 aromatic heterocycles. The Bertz CT molecular complexity index is 860. The highest BCUT2D eigenvalue weighted by atomic mass is 19.2. The van der Waals surface area contributed by atoms with E-state index in [9.17, 15) is 8.78 Å². The quantitative estimate of drug-likeness (QED) is 0.507. The minimum absolute atomic E-state index is 0.0222. The molecule has 1 aromatic carbocycles. The van der Waals surface area contributed by atoms with Crippen molar-refractivity contribution in [1.29, 1.82) is 0 Å². The highest BCUT2D eigenvalue weighted by molar-refractivity contribution is 5.51. The number of hydrogen-bond acceptors (Lipinski definition) is 3. The summed E-state index contributed by atoms with van der Waals surface area (Å²) in [5.74, 6) is -1.02. The fourth-order valence-corrected chi connectivity index (χ4v) is 2.42. The van der Waals surface area contributed by atoms with Crippen LogP contribution in [0, 0.1) is 0 Å². The van der Waals surface area contributed by atoms with Crippen LogP contribution in [0.1, 0.15) is 25.7 Å². The van der Waals surface area contributed by atoms with Crippen LogP contribution in [0.2, 0.25) is 0 Å². The summed E-state index contributed by atoms with van der Waals surface area (Å²) >= 11 is 0. The highest BCUT2D eigenvalue weighted by Gasteiger charge is 2.23. The number of allylic oxidation sites excluding steroid dienone is 6. The van der Waals surface area contributed by atoms with Crippen molar-refractivity contribution in [2.75, 3.05) is 13.2 Å². The van der Waals surface area contributed by atoms with Crippen LogP contribution in [0.4, 0.5) is 8.78 Å². The minimum atomic E-state index is -1.09. The second kappa shape index (κ2) is 9.33. The number of halogens is 2. The minimum Gasteiger partial charge on any atom is -0.494 e. The summed E-state index contributed by atoms with van der Waals surface area (Å²) in [6.45, 7) is 18.6. The lowest BCUT2D eigenvalue weighted by atomic mass is 10.0. The van der Waals surface area contributed by atoms with E-state index in [4.69, 9.17) is 14.2 Å². The molecular formula is C23H24F2O3. The molecule has 1 aliphatic heterocycles. The second-order valence-corrected chi connectivity index (χ2v) is 6.27. The van der Waals surface area contributed by atoms with E-state index in [0.29, 0.717) is 17.9 Å². The molecule has 0 bridgehead atoms. The van der Waals surface area contributed by atoms with Crippen molar-refractivity contribution in [2.45, 2.75) is 20.1 Å². The Morgan fingerprint density at radius 1 is 1.18 bits per heavy atom. The first-order valence-electron chi connectivity index (χ1n) is 8.75. The normalized spacial score (nSPS) is 18.9. The van der Waals surface area contributed by atoms with Crippen LogP contribution in [0.3, 0.4) is 0 Å². The van der Waals surface area contributed by atoms with Gasteiger partial charge in [0.25, 0.3) is 0 Å². The van der Waals surface area contributed by atoms with E-state index in [2.05, 4.69) is 26.3 Å². The van der Waals surface area contributed by atoms with Gasteiger partial charge in [0.15, 0.2) is 11.7 Å². The maximum Gasteiger partial charge on any atom is 0.227 e. The Hall–Kier alpha value is -2.92. The zero-order valence-corrected chi connectivity index (χ0v) is 16.2. The number of benzene rings is 1. The zero-order chi connectivity index (χ0) is 20.8. The molecule has 3 nitrogen and oxygen atoms in total. The van der Waals surface area contributed by atoms with Gasteiger partial charge in [-0.2, -0.15) is 0 Å². The summed E-state index contributed by atoms with van der Waals surface area (Å²) in [4.78, 5) is 0. The average Bonchev–Trinajstić information content (AvgIpc) is 2.68. The van der Waals surface area contributed by atoms with Crippen molar-refractivity contribution in [2.24, 2.45) is 0 Å². The lowest BCUT2D eigenvalue weighted by molar-refractivity contribution is -0.132. The third kappa shape index (κ3) is 5.08. The summed E-state index contributed by atoms with van der Waals surface area (Å²) in [7, 11) is 0. The lowest BCUT2D eigenvalue weighted by Crippen LogP contribution is -2.18. The van der Waals surface area contributed by atoms with E-state index < -0.39 is 17.9 Å². The van der Waals surface area contributed by atoms with E-state index in [1.54, 1.807) is 0 Å². The van der Waals surface area contributed by atoms with E-state index in [1.165, 1.54) is 13.0 Å².